The van der Waals surface area contributed by atoms with Gasteiger partial charge in [0.05, 0.1) is 0 Å². The molecule has 0 spiro atoms. The van der Waals surface area contributed by atoms with Gasteiger partial charge in [-0.2, -0.15) is 13.2 Å². The zero-order valence-corrected chi connectivity index (χ0v) is 12.1. The second-order valence-corrected chi connectivity index (χ2v) is 5.42. The molecule has 0 saturated heterocycles. The van der Waals surface area contributed by atoms with Gasteiger partial charge in [0.15, 0.2) is 0 Å². The Hall–Kier alpha value is -1.55. The second-order valence-electron chi connectivity index (χ2n) is 5.42. The summed E-state index contributed by atoms with van der Waals surface area (Å²) >= 11 is 0. The van der Waals surface area contributed by atoms with E-state index < -0.39 is 12.2 Å². The molecular weight excluding hydrogens is 275 g/mol. The van der Waals surface area contributed by atoms with Crippen molar-refractivity contribution >= 4 is 10.8 Å². The molecule has 0 aliphatic heterocycles. The molecule has 21 heavy (non-hydrogen) atoms. The van der Waals surface area contributed by atoms with Crippen molar-refractivity contribution in [3.8, 4) is 0 Å². The Kier molecular flexibility index (Phi) is 4.88. The van der Waals surface area contributed by atoms with E-state index >= 15 is 0 Å². The van der Waals surface area contributed by atoms with E-state index in [4.69, 9.17) is 5.73 Å². The van der Waals surface area contributed by atoms with Crippen LogP contribution in [0.25, 0.3) is 10.8 Å². The van der Waals surface area contributed by atoms with E-state index in [2.05, 4.69) is 6.92 Å². The van der Waals surface area contributed by atoms with Crippen LogP contribution in [0.5, 0.6) is 0 Å². The average Bonchev–Trinajstić information content (AvgIpc) is 2.45. The third kappa shape index (κ3) is 3.97. The smallest absolute Gasteiger partial charge is 0.316 e. The third-order valence-corrected chi connectivity index (χ3v) is 3.71. The van der Waals surface area contributed by atoms with Crippen LogP contribution in [0.2, 0.25) is 0 Å². The quantitative estimate of drug-likeness (QED) is 0.760. The Morgan fingerprint density at radius 2 is 1.67 bits per heavy atom. The molecule has 0 heterocycles. The van der Waals surface area contributed by atoms with Gasteiger partial charge in [-0.3, -0.25) is 0 Å². The molecule has 0 aromatic heterocycles. The molecule has 2 rings (SSSR count). The Labute approximate surface area is 123 Å². The molecule has 0 unspecified atom stereocenters. The van der Waals surface area contributed by atoms with Crippen molar-refractivity contribution in [1.29, 1.82) is 0 Å². The lowest BCUT2D eigenvalue weighted by Gasteiger charge is -2.16. The SMILES string of the molecule is CCCCCc1ccc2cc([C@H](N)C(F)(F)F)ccc2c1. The molecule has 114 valence electrons. The van der Waals surface area contributed by atoms with Crippen molar-refractivity contribution in [3.05, 3.63) is 47.5 Å². The van der Waals surface area contributed by atoms with Crippen molar-refractivity contribution < 1.29 is 13.2 Å². The van der Waals surface area contributed by atoms with Crippen LogP contribution in [0.3, 0.4) is 0 Å². The molecule has 2 N–H and O–H groups in total. The topological polar surface area (TPSA) is 26.0 Å². The Bertz CT molecular complexity index is 604. The highest BCUT2D eigenvalue weighted by atomic mass is 19.4. The highest BCUT2D eigenvalue weighted by Gasteiger charge is 2.37. The lowest BCUT2D eigenvalue weighted by Crippen LogP contribution is -2.28. The van der Waals surface area contributed by atoms with E-state index in [1.54, 1.807) is 6.07 Å². The summed E-state index contributed by atoms with van der Waals surface area (Å²) < 4.78 is 37.9. The van der Waals surface area contributed by atoms with Crippen LogP contribution < -0.4 is 5.73 Å². The molecule has 0 saturated carbocycles. The van der Waals surface area contributed by atoms with Gasteiger partial charge in [0.2, 0.25) is 0 Å². The maximum absolute atomic E-state index is 12.6. The summed E-state index contributed by atoms with van der Waals surface area (Å²) in [5.74, 6) is 0. The first-order valence-corrected chi connectivity index (χ1v) is 7.26. The number of hydrogen-bond donors (Lipinski definition) is 1. The van der Waals surface area contributed by atoms with E-state index in [0.717, 1.165) is 23.6 Å². The van der Waals surface area contributed by atoms with Crippen LogP contribution in [-0.2, 0) is 6.42 Å². The zero-order valence-electron chi connectivity index (χ0n) is 12.1. The summed E-state index contributed by atoms with van der Waals surface area (Å²) in [5, 5.41) is 1.76. The van der Waals surface area contributed by atoms with Crippen molar-refractivity contribution in [3.63, 3.8) is 0 Å². The van der Waals surface area contributed by atoms with E-state index in [1.807, 2.05) is 18.2 Å². The molecule has 0 amide bonds. The van der Waals surface area contributed by atoms with Gasteiger partial charge in [0, 0.05) is 0 Å². The van der Waals surface area contributed by atoms with E-state index in [1.165, 1.54) is 30.5 Å². The number of alkyl halides is 3. The normalized spacial score (nSPS) is 13.6. The molecule has 0 aliphatic rings. The van der Waals surface area contributed by atoms with E-state index in [0.29, 0.717) is 0 Å². The fourth-order valence-corrected chi connectivity index (χ4v) is 2.43. The molecule has 0 aliphatic carbocycles. The molecule has 0 radical (unpaired) electrons. The van der Waals surface area contributed by atoms with Crippen LogP contribution in [-0.4, -0.2) is 6.18 Å². The van der Waals surface area contributed by atoms with Crippen LogP contribution in [0.1, 0.15) is 43.4 Å². The fourth-order valence-electron chi connectivity index (χ4n) is 2.43. The molecule has 1 nitrogen and oxygen atoms in total. The monoisotopic (exact) mass is 295 g/mol. The molecule has 1 atom stereocenters. The van der Waals surface area contributed by atoms with E-state index in [9.17, 15) is 13.2 Å². The predicted octanol–water partition coefficient (Wildman–Crippen LogP) is 5.13. The molecule has 4 heteroatoms. The minimum absolute atomic E-state index is 0.105. The van der Waals surface area contributed by atoms with Gasteiger partial charge < -0.3 is 5.73 Å². The highest BCUT2D eigenvalue weighted by molar-refractivity contribution is 5.84. The first-order chi connectivity index (χ1) is 9.91. The summed E-state index contributed by atoms with van der Waals surface area (Å²) in [6.45, 7) is 2.16. The number of rotatable bonds is 5. The predicted molar refractivity (Wildman–Crippen MR) is 80.2 cm³/mol. The van der Waals surface area contributed by atoms with Crippen molar-refractivity contribution in [2.75, 3.05) is 0 Å². The van der Waals surface area contributed by atoms with Crippen molar-refractivity contribution in [2.45, 2.75) is 44.8 Å². The fraction of sp³-hybridized carbons (Fsp3) is 0.412. The van der Waals surface area contributed by atoms with Crippen molar-refractivity contribution in [2.24, 2.45) is 5.73 Å². The number of unbranched alkanes of at least 4 members (excludes halogenated alkanes) is 2. The number of aryl methyl sites for hydroxylation is 1. The van der Waals surface area contributed by atoms with Gasteiger partial charge in [0.25, 0.3) is 0 Å². The third-order valence-electron chi connectivity index (χ3n) is 3.71. The maximum atomic E-state index is 12.6. The first kappa shape index (κ1) is 15.8. The number of benzene rings is 2. The van der Waals surface area contributed by atoms with Gasteiger partial charge >= 0.3 is 6.18 Å². The summed E-state index contributed by atoms with van der Waals surface area (Å²) in [6, 6.07) is 8.71. The Morgan fingerprint density at radius 1 is 1.00 bits per heavy atom. The van der Waals surface area contributed by atoms with Gasteiger partial charge in [0.1, 0.15) is 6.04 Å². The average molecular weight is 295 g/mol. The van der Waals surface area contributed by atoms with Gasteiger partial charge in [-0.1, -0.05) is 50.1 Å². The zero-order chi connectivity index (χ0) is 15.5. The number of hydrogen-bond acceptors (Lipinski definition) is 1. The number of fused-ring (bicyclic) bond motifs is 1. The van der Waals surface area contributed by atoms with Gasteiger partial charge in [-0.15, -0.1) is 0 Å². The summed E-state index contributed by atoms with van der Waals surface area (Å²) in [6.07, 6.45) is 0.101. The minimum atomic E-state index is -4.41. The minimum Gasteiger partial charge on any atom is -0.316 e. The van der Waals surface area contributed by atoms with Crippen molar-refractivity contribution in [1.82, 2.24) is 0 Å². The number of halogens is 3. The largest absolute Gasteiger partial charge is 0.407 e. The molecule has 2 aromatic carbocycles. The van der Waals surface area contributed by atoms with Crippen LogP contribution >= 0.6 is 0 Å². The summed E-state index contributed by atoms with van der Waals surface area (Å²) in [5.41, 5.74) is 6.58. The maximum Gasteiger partial charge on any atom is 0.407 e. The van der Waals surface area contributed by atoms with E-state index in [-0.39, 0.29) is 5.56 Å². The van der Waals surface area contributed by atoms with Gasteiger partial charge in [-0.25, -0.2) is 0 Å². The van der Waals surface area contributed by atoms with Gasteiger partial charge in [-0.05, 0) is 40.8 Å². The molecular formula is C17H20F3N. The lowest BCUT2D eigenvalue weighted by molar-refractivity contribution is -0.149. The number of nitrogens with two attached hydrogens (primary N) is 1. The standard InChI is InChI=1S/C17H20F3N/c1-2-3-4-5-12-6-7-14-11-15(9-8-13(14)10-12)16(21)17(18,19)20/h6-11,16H,2-5,21H2,1H3/t16-/m0/s1. The Balaban J connectivity index is 2.23. The highest BCUT2D eigenvalue weighted by Crippen LogP contribution is 2.32. The molecule has 2 aromatic rings. The second kappa shape index (κ2) is 6.48. The lowest BCUT2D eigenvalue weighted by atomic mass is 9.99. The first-order valence-electron chi connectivity index (χ1n) is 7.26. The Morgan fingerprint density at radius 3 is 2.33 bits per heavy atom. The van der Waals surface area contributed by atoms with Crippen LogP contribution in [0.4, 0.5) is 13.2 Å². The van der Waals surface area contributed by atoms with Crippen LogP contribution in [0.15, 0.2) is 36.4 Å². The van der Waals surface area contributed by atoms with Crippen LogP contribution in [0, 0.1) is 0 Å². The molecule has 0 fully saturated rings. The summed E-state index contributed by atoms with van der Waals surface area (Å²) in [7, 11) is 0. The summed E-state index contributed by atoms with van der Waals surface area (Å²) in [4.78, 5) is 0. The molecule has 0 bridgehead atoms.